The Bertz CT molecular complexity index is 357. The number of carbonyl (C=O) groups excluding carboxylic acids is 1. The van der Waals surface area contributed by atoms with Gasteiger partial charge in [0.25, 0.3) is 0 Å². The molecule has 0 amide bonds. The molecule has 0 aromatic heterocycles. The highest BCUT2D eigenvalue weighted by molar-refractivity contribution is 5.91. The SMILES string of the molecule is CCCC(C)OC(=O)c1cc(N)cc(N)c1. The van der Waals surface area contributed by atoms with Gasteiger partial charge in [0.2, 0.25) is 0 Å². The predicted octanol–water partition coefficient (Wildman–Crippen LogP) is 2.20. The molecule has 1 rings (SSSR count). The van der Waals surface area contributed by atoms with E-state index in [0.717, 1.165) is 12.8 Å². The Kier molecular flexibility index (Phi) is 4.17. The largest absolute Gasteiger partial charge is 0.459 e. The van der Waals surface area contributed by atoms with E-state index in [1.807, 2.05) is 13.8 Å². The van der Waals surface area contributed by atoms with E-state index in [4.69, 9.17) is 16.2 Å². The normalized spacial score (nSPS) is 12.1. The highest BCUT2D eigenvalue weighted by atomic mass is 16.5. The molecule has 1 unspecified atom stereocenters. The summed E-state index contributed by atoms with van der Waals surface area (Å²) < 4.78 is 5.24. The number of ether oxygens (including phenoxy) is 1. The van der Waals surface area contributed by atoms with Gasteiger partial charge in [0, 0.05) is 11.4 Å². The zero-order valence-electron chi connectivity index (χ0n) is 9.69. The minimum Gasteiger partial charge on any atom is -0.459 e. The molecule has 0 radical (unpaired) electrons. The molecule has 4 nitrogen and oxygen atoms in total. The van der Waals surface area contributed by atoms with E-state index in [1.165, 1.54) is 0 Å². The smallest absolute Gasteiger partial charge is 0.338 e. The fourth-order valence-electron chi connectivity index (χ4n) is 1.51. The van der Waals surface area contributed by atoms with Crippen LogP contribution in [0.5, 0.6) is 0 Å². The van der Waals surface area contributed by atoms with Gasteiger partial charge in [0.05, 0.1) is 11.7 Å². The molecule has 0 spiro atoms. The van der Waals surface area contributed by atoms with E-state index < -0.39 is 0 Å². The second-order valence-corrected chi connectivity index (χ2v) is 3.89. The number of hydrogen-bond donors (Lipinski definition) is 2. The fourth-order valence-corrected chi connectivity index (χ4v) is 1.51. The molecule has 0 aliphatic rings. The monoisotopic (exact) mass is 222 g/mol. The van der Waals surface area contributed by atoms with E-state index in [0.29, 0.717) is 16.9 Å². The van der Waals surface area contributed by atoms with Gasteiger partial charge in [-0.15, -0.1) is 0 Å². The van der Waals surface area contributed by atoms with Crippen molar-refractivity contribution in [3.63, 3.8) is 0 Å². The standard InChI is InChI=1S/C12H18N2O2/c1-3-4-8(2)16-12(15)9-5-10(13)7-11(14)6-9/h5-8H,3-4,13-14H2,1-2H3. The Morgan fingerprint density at radius 3 is 2.38 bits per heavy atom. The maximum atomic E-state index is 11.7. The molecular weight excluding hydrogens is 204 g/mol. The Morgan fingerprint density at radius 1 is 1.31 bits per heavy atom. The number of carbonyl (C=O) groups is 1. The summed E-state index contributed by atoms with van der Waals surface area (Å²) in [4.78, 5) is 11.7. The van der Waals surface area contributed by atoms with Crippen LogP contribution in [0.25, 0.3) is 0 Å². The van der Waals surface area contributed by atoms with Gasteiger partial charge in [-0.1, -0.05) is 13.3 Å². The molecule has 4 heteroatoms. The highest BCUT2D eigenvalue weighted by Crippen LogP contribution is 2.15. The van der Waals surface area contributed by atoms with E-state index >= 15 is 0 Å². The Balaban J connectivity index is 2.72. The Hall–Kier alpha value is -1.71. The Labute approximate surface area is 95.6 Å². The molecule has 1 aromatic rings. The van der Waals surface area contributed by atoms with Crippen molar-refractivity contribution in [1.29, 1.82) is 0 Å². The lowest BCUT2D eigenvalue weighted by atomic mass is 10.1. The highest BCUT2D eigenvalue weighted by Gasteiger charge is 2.12. The van der Waals surface area contributed by atoms with Crippen molar-refractivity contribution in [3.05, 3.63) is 23.8 Å². The van der Waals surface area contributed by atoms with E-state index in [1.54, 1.807) is 18.2 Å². The molecule has 0 heterocycles. The molecule has 1 atom stereocenters. The van der Waals surface area contributed by atoms with Gasteiger partial charge >= 0.3 is 5.97 Å². The van der Waals surface area contributed by atoms with Crippen molar-refractivity contribution in [2.75, 3.05) is 11.5 Å². The first-order chi connectivity index (χ1) is 7.52. The molecule has 0 aliphatic heterocycles. The number of rotatable bonds is 4. The van der Waals surface area contributed by atoms with Crippen LogP contribution in [0.1, 0.15) is 37.0 Å². The summed E-state index contributed by atoms with van der Waals surface area (Å²) in [7, 11) is 0. The summed E-state index contributed by atoms with van der Waals surface area (Å²) >= 11 is 0. The van der Waals surface area contributed by atoms with E-state index in [9.17, 15) is 4.79 Å². The minimum atomic E-state index is -0.375. The maximum absolute atomic E-state index is 11.7. The van der Waals surface area contributed by atoms with Crippen LogP contribution in [-0.2, 0) is 4.74 Å². The van der Waals surface area contributed by atoms with Crippen LogP contribution >= 0.6 is 0 Å². The average Bonchev–Trinajstić information content (AvgIpc) is 2.16. The van der Waals surface area contributed by atoms with Crippen molar-refractivity contribution < 1.29 is 9.53 Å². The topological polar surface area (TPSA) is 78.3 Å². The molecule has 0 aliphatic carbocycles. The van der Waals surface area contributed by atoms with Crippen molar-refractivity contribution in [2.45, 2.75) is 32.8 Å². The zero-order chi connectivity index (χ0) is 12.1. The number of hydrogen-bond acceptors (Lipinski definition) is 4. The van der Waals surface area contributed by atoms with Gasteiger partial charge in [-0.3, -0.25) is 0 Å². The van der Waals surface area contributed by atoms with Crippen LogP contribution in [0.4, 0.5) is 11.4 Å². The molecule has 0 saturated carbocycles. The van der Waals surface area contributed by atoms with Gasteiger partial charge in [-0.2, -0.15) is 0 Å². The van der Waals surface area contributed by atoms with E-state index in [-0.39, 0.29) is 12.1 Å². The minimum absolute atomic E-state index is 0.0832. The third-order valence-electron chi connectivity index (χ3n) is 2.22. The predicted molar refractivity (Wildman–Crippen MR) is 65.1 cm³/mol. The van der Waals surface area contributed by atoms with Gasteiger partial charge < -0.3 is 16.2 Å². The van der Waals surface area contributed by atoms with Crippen LogP contribution < -0.4 is 11.5 Å². The molecule has 1 aromatic carbocycles. The molecule has 88 valence electrons. The second kappa shape index (κ2) is 5.39. The molecule has 0 bridgehead atoms. The van der Waals surface area contributed by atoms with Crippen LogP contribution in [0.15, 0.2) is 18.2 Å². The number of nitrogens with two attached hydrogens (primary N) is 2. The van der Waals surface area contributed by atoms with Crippen molar-refractivity contribution >= 4 is 17.3 Å². The van der Waals surface area contributed by atoms with Gasteiger partial charge in [0.1, 0.15) is 0 Å². The first-order valence-corrected chi connectivity index (χ1v) is 5.40. The summed E-state index contributed by atoms with van der Waals surface area (Å²) in [6, 6.07) is 4.74. The van der Waals surface area contributed by atoms with Crippen LogP contribution in [0, 0.1) is 0 Å². The van der Waals surface area contributed by atoms with Crippen molar-refractivity contribution in [2.24, 2.45) is 0 Å². The fraction of sp³-hybridized carbons (Fsp3) is 0.417. The lowest BCUT2D eigenvalue weighted by Crippen LogP contribution is -2.15. The first kappa shape index (κ1) is 12.4. The van der Waals surface area contributed by atoms with Crippen molar-refractivity contribution in [1.82, 2.24) is 0 Å². The molecule has 0 fully saturated rings. The molecule has 4 N–H and O–H groups in total. The summed E-state index contributed by atoms with van der Waals surface area (Å²) in [5.74, 6) is -0.375. The number of esters is 1. The number of benzene rings is 1. The summed E-state index contributed by atoms with van der Waals surface area (Å²) in [6.45, 7) is 3.92. The molecular formula is C12H18N2O2. The van der Waals surface area contributed by atoms with Crippen molar-refractivity contribution in [3.8, 4) is 0 Å². The Morgan fingerprint density at radius 2 is 1.88 bits per heavy atom. The number of anilines is 2. The van der Waals surface area contributed by atoms with Gasteiger partial charge in [-0.25, -0.2) is 4.79 Å². The van der Waals surface area contributed by atoms with Crippen LogP contribution in [0.3, 0.4) is 0 Å². The molecule has 16 heavy (non-hydrogen) atoms. The average molecular weight is 222 g/mol. The maximum Gasteiger partial charge on any atom is 0.338 e. The first-order valence-electron chi connectivity index (χ1n) is 5.40. The summed E-state index contributed by atoms with van der Waals surface area (Å²) in [5, 5.41) is 0. The third kappa shape index (κ3) is 3.46. The van der Waals surface area contributed by atoms with Gasteiger partial charge in [-0.05, 0) is 31.5 Å². The summed E-state index contributed by atoms with van der Waals surface area (Å²) in [6.07, 6.45) is 1.75. The zero-order valence-corrected chi connectivity index (χ0v) is 9.69. The van der Waals surface area contributed by atoms with Crippen LogP contribution in [-0.4, -0.2) is 12.1 Å². The quantitative estimate of drug-likeness (QED) is 0.604. The lowest BCUT2D eigenvalue weighted by Gasteiger charge is -2.12. The molecule has 0 saturated heterocycles. The second-order valence-electron chi connectivity index (χ2n) is 3.89. The van der Waals surface area contributed by atoms with Gasteiger partial charge in [0.15, 0.2) is 0 Å². The third-order valence-corrected chi connectivity index (χ3v) is 2.22. The van der Waals surface area contributed by atoms with E-state index in [2.05, 4.69) is 0 Å². The summed E-state index contributed by atoms with van der Waals surface area (Å²) in [5.41, 5.74) is 12.5. The number of nitrogen functional groups attached to an aromatic ring is 2. The lowest BCUT2D eigenvalue weighted by molar-refractivity contribution is 0.0323. The van der Waals surface area contributed by atoms with Crippen LogP contribution in [0.2, 0.25) is 0 Å².